The molecule has 3 nitrogen and oxygen atoms in total. The van der Waals surface area contributed by atoms with E-state index in [1.54, 1.807) is 6.20 Å². The third kappa shape index (κ3) is 2.94. The molecule has 1 aromatic heterocycles. The van der Waals surface area contributed by atoms with Gasteiger partial charge in [-0.3, -0.25) is 0 Å². The van der Waals surface area contributed by atoms with Crippen molar-refractivity contribution in [3.63, 3.8) is 0 Å². The van der Waals surface area contributed by atoms with E-state index in [4.69, 9.17) is 10.00 Å². The highest BCUT2D eigenvalue weighted by Gasteiger charge is 2.10. The van der Waals surface area contributed by atoms with Crippen molar-refractivity contribution in [2.24, 2.45) is 0 Å². The van der Waals surface area contributed by atoms with Crippen molar-refractivity contribution in [1.82, 2.24) is 4.98 Å². The van der Waals surface area contributed by atoms with Crippen LogP contribution in [0.15, 0.2) is 28.9 Å². The molecule has 4 heteroatoms. The molecule has 0 spiro atoms. The van der Waals surface area contributed by atoms with Crippen LogP contribution < -0.4 is 4.74 Å². The number of rotatable bonds is 2. The number of aromatic nitrogens is 1. The van der Waals surface area contributed by atoms with Gasteiger partial charge in [-0.2, -0.15) is 5.26 Å². The quantitative estimate of drug-likeness (QED) is 0.823. The van der Waals surface area contributed by atoms with Gasteiger partial charge in [-0.05, 0) is 66.0 Å². The second kappa shape index (κ2) is 5.41. The summed E-state index contributed by atoms with van der Waals surface area (Å²) in [6.07, 6.45) is 1.71. The molecular weight excluding hydrogens is 304 g/mol. The highest BCUT2D eigenvalue weighted by molar-refractivity contribution is 9.10. The largest absolute Gasteiger partial charge is 0.438 e. The van der Waals surface area contributed by atoms with Crippen molar-refractivity contribution < 1.29 is 4.74 Å². The third-order valence-electron chi connectivity index (χ3n) is 2.79. The van der Waals surface area contributed by atoms with E-state index in [1.165, 1.54) is 0 Å². The van der Waals surface area contributed by atoms with Gasteiger partial charge in [-0.25, -0.2) is 4.98 Å². The van der Waals surface area contributed by atoms with Crippen molar-refractivity contribution in [2.75, 3.05) is 0 Å². The average molecular weight is 317 g/mol. The molecule has 2 aromatic rings. The fraction of sp³-hybridized carbons (Fsp3) is 0.200. The van der Waals surface area contributed by atoms with Crippen molar-refractivity contribution in [1.29, 1.82) is 5.26 Å². The molecule has 1 heterocycles. The van der Waals surface area contributed by atoms with E-state index in [0.717, 1.165) is 26.9 Å². The Morgan fingerprint density at radius 2 is 1.74 bits per heavy atom. The summed E-state index contributed by atoms with van der Waals surface area (Å²) < 4.78 is 6.81. The highest BCUT2D eigenvalue weighted by atomic mass is 79.9. The van der Waals surface area contributed by atoms with Gasteiger partial charge in [0, 0.05) is 16.2 Å². The van der Waals surface area contributed by atoms with E-state index >= 15 is 0 Å². The van der Waals surface area contributed by atoms with E-state index < -0.39 is 0 Å². The molecule has 0 amide bonds. The normalized spacial score (nSPS) is 10.1. The van der Waals surface area contributed by atoms with Gasteiger partial charge >= 0.3 is 0 Å². The van der Waals surface area contributed by atoms with Gasteiger partial charge < -0.3 is 4.74 Å². The van der Waals surface area contributed by atoms with Gasteiger partial charge in [0.05, 0.1) is 11.6 Å². The Morgan fingerprint density at radius 3 is 2.26 bits per heavy atom. The first kappa shape index (κ1) is 13.6. The van der Waals surface area contributed by atoms with Crippen LogP contribution in [0.1, 0.15) is 22.3 Å². The van der Waals surface area contributed by atoms with Crippen molar-refractivity contribution >= 4 is 15.9 Å². The number of benzene rings is 1. The second-order valence-electron chi connectivity index (χ2n) is 4.43. The lowest BCUT2D eigenvalue weighted by Crippen LogP contribution is -1.96. The lowest BCUT2D eigenvalue weighted by molar-refractivity contribution is 0.452. The Hall–Kier alpha value is -1.86. The van der Waals surface area contributed by atoms with Crippen LogP contribution in [0.5, 0.6) is 11.6 Å². The van der Waals surface area contributed by atoms with Crippen LogP contribution in [0.4, 0.5) is 0 Å². The summed E-state index contributed by atoms with van der Waals surface area (Å²) >= 11 is 3.38. The molecule has 0 aliphatic heterocycles. The Morgan fingerprint density at radius 1 is 1.11 bits per heavy atom. The van der Waals surface area contributed by atoms with Gasteiger partial charge in [0.1, 0.15) is 5.75 Å². The Labute approximate surface area is 121 Å². The molecule has 19 heavy (non-hydrogen) atoms. The molecule has 2 rings (SSSR count). The number of nitrogens with zero attached hydrogens (tertiary/aromatic N) is 2. The van der Waals surface area contributed by atoms with Gasteiger partial charge in [0.15, 0.2) is 0 Å². The molecule has 1 aromatic carbocycles. The maximum Gasteiger partial charge on any atom is 0.222 e. The van der Waals surface area contributed by atoms with Gasteiger partial charge in [0.25, 0.3) is 0 Å². The number of ether oxygens (including phenoxy) is 1. The molecule has 0 aliphatic carbocycles. The summed E-state index contributed by atoms with van der Waals surface area (Å²) in [4.78, 5) is 4.26. The summed E-state index contributed by atoms with van der Waals surface area (Å²) in [7, 11) is 0. The van der Waals surface area contributed by atoms with Gasteiger partial charge in [0.2, 0.25) is 5.88 Å². The SMILES string of the molecule is Cc1cc(Br)cnc1Oc1c(C)cc(C#N)cc1C. The summed E-state index contributed by atoms with van der Waals surface area (Å²) in [5, 5.41) is 8.93. The van der Waals surface area contributed by atoms with Crippen LogP contribution in [0.2, 0.25) is 0 Å². The minimum Gasteiger partial charge on any atom is -0.438 e. The first-order valence-corrected chi connectivity index (χ1v) is 6.62. The van der Waals surface area contributed by atoms with Crippen molar-refractivity contribution in [3.05, 3.63) is 51.1 Å². The van der Waals surface area contributed by atoms with Crippen LogP contribution >= 0.6 is 15.9 Å². The predicted molar refractivity (Wildman–Crippen MR) is 77.4 cm³/mol. The fourth-order valence-corrected chi connectivity index (χ4v) is 2.35. The number of pyridine rings is 1. The third-order valence-corrected chi connectivity index (χ3v) is 3.22. The molecule has 0 atom stereocenters. The first-order valence-electron chi connectivity index (χ1n) is 5.82. The molecule has 0 N–H and O–H groups in total. The first-order chi connectivity index (χ1) is 9.01. The molecule has 0 radical (unpaired) electrons. The van der Waals surface area contributed by atoms with Crippen LogP contribution in [0.25, 0.3) is 0 Å². The number of halogens is 1. The molecule has 96 valence electrons. The lowest BCUT2D eigenvalue weighted by atomic mass is 10.1. The van der Waals surface area contributed by atoms with E-state index in [-0.39, 0.29) is 0 Å². The van der Waals surface area contributed by atoms with Crippen LogP contribution in [-0.4, -0.2) is 4.98 Å². The molecule has 0 bridgehead atoms. The molecule has 0 unspecified atom stereocenters. The number of nitriles is 1. The Kier molecular flexibility index (Phi) is 3.87. The molecule has 0 saturated carbocycles. The van der Waals surface area contributed by atoms with E-state index in [1.807, 2.05) is 39.0 Å². The predicted octanol–water partition coefficient (Wildman–Crippen LogP) is 4.43. The zero-order chi connectivity index (χ0) is 14.0. The number of hydrogen-bond donors (Lipinski definition) is 0. The summed E-state index contributed by atoms with van der Waals surface area (Å²) in [5.41, 5.74) is 3.46. The Bertz CT molecular complexity index is 651. The zero-order valence-electron chi connectivity index (χ0n) is 11.0. The minimum absolute atomic E-state index is 0.583. The molecular formula is C15H13BrN2O. The van der Waals surface area contributed by atoms with E-state index in [2.05, 4.69) is 27.0 Å². The molecule has 0 aliphatic rings. The zero-order valence-corrected chi connectivity index (χ0v) is 12.6. The topological polar surface area (TPSA) is 45.9 Å². The second-order valence-corrected chi connectivity index (χ2v) is 5.34. The summed E-state index contributed by atoms with van der Waals surface area (Å²) in [6.45, 7) is 5.80. The summed E-state index contributed by atoms with van der Waals surface area (Å²) in [5.74, 6) is 1.34. The van der Waals surface area contributed by atoms with Crippen molar-refractivity contribution in [3.8, 4) is 17.7 Å². The van der Waals surface area contributed by atoms with Gasteiger partial charge in [-0.1, -0.05) is 0 Å². The standard InChI is InChI=1S/C15H13BrN2O/c1-9-4-12(7-17)5-10(2)14(9)19-15-11(3)6-13(16)8-18-15/h4-6,8H,1-3H3. The maximum absolute atomic E-state index is 8.93. The minimum atomic E-state index is 0.583. The average Bonchev–Trinajstić information content (AvgIpc) is 2.35. The smallest absolute Gasteiger partial charge is 0.222 e. The molecule has 0 saturated heterocycles. The summed E-state index contributed by atoms with van der Waals surface area (Å²) in [6, 6.07) is 7.73. The van der Waals surface area contributed by atoms with E-state index in [0.29, 0.717) is 11.4 Å². The van der Waals surface area contributed by atoms with Crippen molar-refractivity contribution in [2.45, 2.75) is 20.8 Å². The number of hydrogen-bond acceptors (Lipinski definition) is 3. The fourth-order valence-electron chi connectivity index (χ4n) is 1.91. The van der Waals surface area contributed by atoms with Crippen LogP contribution in [0, 0.1) is 32.1 Å². The lowest BCUT2D eigenvalue weighted by Gasteiger charge is -2.13. The Balaban J connectivity index is 2.41. The van der Waals surface area contributed by atoms with Crippen LogP contribution in [-0.2, 0) is 0 Å². The number of aryl methyl sites for hydroxylation is 3. The molecule has 0 fully saturated rings. The highest BCUT2D eigenvalue weighted by Crippen LogP contribution is 2.31. The van der Waals surface area contributed by atoms with Gasteiger partial charge in [-0.15, -0.1) is 0 Å². The van der Waals surface area contributed by atoms with Crippen LogP contribution in [0.3, 0.4) is 0 Å². The monoisotopic (exact) mass is 316 g/mol. The maximum atomic E-state index is 8.93. The van der Waals surface area contributed by atoms with E-state index in [9.17, 15) is 0 Å².